The molecule has 3 aliphatic heterocycles. The number of aryl methyl sites for hydroxylation is 2. The van der Waals surface area contributed by atoms with E-state index in [0.717, 1.165) is 70.8 Å². The van der Waals surface area contributed by atoms with Crippen LogP contribution < -0.4 is 0 Å². The third kappa shape index (κ3) is 10.6. The highest BCUT2D eigenvalue weighted by atomic mass is 16.7. The normalized spacial score (nSPS) is 36.0. The topological polar surface area (TPSA) is 138 Å². The van der Waals surface area contributed by atoms with Gasteiger partial charge in [0.15, 0.2) is 18.9 Å². The molecule has 5 fully saturated rings. The fourth-order valence-electron chi connectivity index (χ4n) is 9.23. The molecule has 3 unspecified atom stereocenters. The van der Waals surface area contributed by atoms with Crippen LogP contribution in [0.5, 0.6) is 0 Å². The fraction of sp³-hybridized carbons (Fsp3) is 0.707. The second kappa shape index (κ2) is 18.7. The third-order valence-corrected chi connectivity index (χ3v) is 11.9. The van der Waals surface area contributed by atoms with Gasteiger partial charge in [0, 0.05) is 32.3 Å². The van der Waals surface area contributed by atoms with Crippen LogP contribution in [-0.2, 0) is 31.8 Å². The quantitative estimate of drug-likeness (QED) is 0.179. The van der Waals surface area contributed by atoms with Gasteiger partial charge in [-0.25, -0.2) is 0 Å². The van der Waals surface area contributed by atoms with E-state index in [-0.39, 0.29) is 66.6 Å². The fourth-order valence-corrected chi connectivity index (χ4v) is 9.23. The SMILES string of the molecule is OC1C[C@@H]2[C@@H](CC[C@@H](O)CCc3ccccc3)[C@H](O)C[C@@H]2O1.OC1C[C@@H]2[C@@H](CC[C@H](CCc3ccccc3)OC3CCCCO3)[C@H](O)C[C@@H]2O1. The maximum atomic E-state index is 10.5. The van der Waals surface area contributed by atoms with E-state index in [1.807, 2.05) is 24.3 Å². The van der Waals surface area contributed by atoms with Crippen LogP contribution in [0.2, 0.25) is 0 Å². The summed E-state index contributed by atoms with van der Waals surface area (Å²) in [5.41, 5.74) is 2.57. The van der Waals surface area contributed by atoms with E-state index >= 15 is 0 Å². The summed E-state index contributed by atoms with van der Waals surface area (Å²) in [4.78, 5) is 0. The van der Waals surface area contributed by atoms with Gasteiger partial charge >= 0.3 is 0 Å². The lowest BCUT2D eigenvalue weighted by atomic mass is 9.86. The number of aliphatic hydroxyl groups excluding tert-OH is 5. The van der Waals surface area contributed by atoms with E-state index in [9.17, 15) is 25.5 Å². The van der Waals surface area contributed by atoms with Crippen LogP contribution in [0.25, 0.3) is 0 Å². The van der Waals surface area contributed by atoms with Crippen LogP contribution >= 0.6 is 0 Å². The van der Waals surface area contributed by atoms with Crippen molar-refractivity contribution in [2.24, 2.45) is 23.7 Å². The Morgan fingerprint density at radius 3 is 1.72 bits per heavy atom. The highest BCUT2D eigenvalue weighted by Gasteiger charge is 2.49. The van der Waals surface area contributed by atoms with Gasteiger partial charge in [0.1, 0.15) is 0 Å². The number of aliphatic hydroxyl groups is 5. The molecule has 7 rings (SSSR count). The zero-order valence-corrected chi connectivity index (χ0v) is 29.5. The van der Waals surface area contributed by atoms with Crippen molar-refractivity contribution in [1.82, 2.24) is 0 Å². The van der Waals surface area contributed by atoms with Crippen molar-refractivity contribution in [3.63, 3.8) is 0 Å². The van der Waals surface area contributed by atoms with Crippen LogP contribution in [0.1, 0.15) is 94.6 Å². The second-order valence-corrected chi connectivity index (χ2v) is 15.4. The van der Waals surface area contributed by atoms with E-state index in [1.165, 1.54) is 11.1 Å². The van der Waals surface area contributed by atoms with Gasteiger partial charge in [-0.15, -0.1) is 0 Å². The lowest BCUT2D eigenvalue weighted by Gasteiger charge is -2.29. The average molecular weight is 697 g/mol. The first-order valence-corrected chi connectivity index (χ1v) is 19.4. The molecule has 2 aliphatic carbocycles. The average Bonchev–Trinajstić information content (AvgIpc) is 3.83. The van der Waals surface area contributed by atoms with Gasteiger partial charge in [-0.1, -0.05) is 60.7 Å². The van der Waals surface area contributed by atoms with Crippen molar-refractivity contribution in [1.29, 1.82) is 0 Å². The molecule has 3 saturated heterocycles. The Kier molecular flexibility index (Phi) is 14.2. The number of benzene rings is 2. The van der Waals surface area contributed by atoms with Crippen LogP contribution in [0.15, 0.2) is 60.7 Å². The summed E-state index contributed by atoms with van der Waals surface area (Å²) < 4.78 is 23.2. The summed E-state index contributed by atoms with van der Waals surface area (Å²) in [5.74, 6) is 0.850. The molecule has 278 valence electrons. The maximum absolute atomic E-state index is 10.5. The van der Waals surface area contributed by atoms with Gasteiger partial charge in [-0.3, -0.25) is 0 Å². The molecule has 5 N–H and O–H groups in total. The number of fused-ring (bicyclic) bond motifs is 2. The Hall–Kier alpha value is -1.92. The molecule has 2 aromatic rings. The van der Waals surface area contributed by atoms with Crippen LogP contribution in [0.3, 0.4) is 0 Å². The lowest BCUT2D eigenvalue weighted by Crippen LogP contribution is -2.30. The molecular formula is C41H60O9. The van der Waals surface area contributed by atoms with Crippen molar-refractivity contribution in [3.8, 4) is 0 Å². The molecule has 0 spiro atoms. The second-order valence-electron chi connectivity index (χ2n) is 15.4. The first-order valence-electron chi connectivity index (χ1n) is 19.4. The van der Waals surface area contributed by atoms with E-state index < -0.39 is 12.6 Å². The Balaban J connectivity index is 0.000000178. The summed E-state index contributed by atoms with van der Waals surface area (Å²) in [5, 5.41) is 50.2. The third-order valence-electron chi connectivity index (χ3n) is 11.9. The smallest absolute Gasteiger partial charge is 0.157 e. The molecule has 9 nitrogen and oxygen atoms in total. The van der Waals surface area contributed by atoms with Gasteiger partial charge in [0.05, 0.1) is 36.6 Å². The van der Waals surface area contributed by atoms with E-state index in [0.29, 0.717) is 32.1 Å². The minimum absolute atomic E-state index is 0.00328. The number of hydrogen-bond acceptors (Lipinski definition) is 9. The van der Waals surface area contributed by atoms with E-state index in [2.05, 4.69) is 36.4 Å². The zero-order chi connectivity index (χ0) is 34.9. The van der Waals surface area contributed by atoms with Crippen molar-refractivity contribution in [2.75, 3.05) is 6.61 Å². The largest absolute Gasteiger partial charge is 0.393 e. The molecule has 50 heavy (non-hydrogen) atoms. The standard InChI is InChI=1S/C23H34O5.C18H26O4/c24-20-15-21-19(14-22(25)28-21)18(20)12-11-17(27-23-8-4-5-13-26-23)10-9-16-6-2-1-3-7-16;19-13(7-6-12-4-2-1-3-5-12)8-9-14-15-10-18(21)22-17(15)11-16(14)20/h1-3,6-7,17-25H,4-5,8-15H2;1-5,13-21H,6-11H2/t17-,18+,19+,20+,21-,22?,23?;13-,14+,15+,16+,17-,18?/m00/s1. The Morgan fingerprint density at radius 1 is 0.640 bits per heavy atom. The van der Waals surface area contributed by atoms with Crippen molar-refractivity contribution < 1.29 is 44.5 Å². The molecular weight excluding hydrogens is 636 g/mol. The van der Waals surface area contributed by atoms with Gasteiger partial charge in [0.2, 0.25) is 0 Å². The minimum atomic E-state index is -0.673. The maximum Gasteiger partial charge on any atom is 0.157 e. The highest BCUT2D eigenvalue weighted by Crippen LogP contribution is 2.46. The molecule has 0 aromatic heterocycles. The van der Waals surface area contributed by atoms with Crippen LogP contribution in [-0.4, -0.2) is 87.6 Å². The van der Waals surface area contributed by atoms with Gasteiger partial charge in [0.25, 0.3) is 0 Å². The van der Waals surface area contributed by atoms with Gasteiger partial charge in [-0.2, -0.15) is 0 Å². The predicted molar refractivity (Wildman–Crippen MR) is 189 cm³/mol. The monoisotopic (exact) mass is 696 g/mol. The Morgan fingerprint density at radius 2 is 1.18 bits per heavy atom. The lowest BCUT2D eigenvalue weighted by molar-refractivity contribution is -0.191. The summed E-state index contributed by atoms with van der Waals surface area (Å²) >= 11 is 0. The summed E-state index contributed by atoms with van der Waals surface area (Å²) in [6.45, 7) is 0.788. The predicted octanol–water partition coefficient (Wildman–Crippen LogP) is 5.28. The molecule has 3 heterocycles. The van der Waals surface area contributed by atoms with Crippen LogP contribution in [0.4, 0.5) is 0 Å². The number of hydrogen-bond donors (Lipinski definition) is 5. The van der Waals surface area contributed by atoms with E-state index in [1.54, 1.807) is 0 Å². The van der Waals surface area contributed by atoms with Gasteiger partial charge < -0.3 is 44.5 Å². The van der Waals surface area contributed by atoms with Crippen molar-refractivity contribution >= 4 is 0 Å². The summed E-state index contributed by atoms with van der Waals surface area (Å²) in [6, 6.07) is 20.7. The summed E-state index contributed by atoms with van der Waals surface area (Å²) in [7, 11) is 0. The molecule has 0 radical (unpaired) electrons. The summed E-state index contributed by atoms with van der Waals surface area (Å²) in [6.07, 6.45) is 10.4. The molecule has 2 saturated carbocycles. The van der Waals surface area contributed by atoms with E-state index in [4.69, 9.17) is 18.9 Å². The number of ether oxygens (including phenoxy) is 4. The first-order chi connectivity index (χ1) is 24.3. The van der Waals surface area contributed by atoms with Crippen molar-refractivity contribution in [2.45, 2.75) is 152 Å². The highest BCUT2D eigenvalue weighted by molar-refractivity contribution is 5.15. The molecule has 9 heteroatoms. The van der Waals surface area contributed by atoms with Crippen molar-refractivity contribution in [3.05, 3.63) is 71.8 Å². The Labute approximate surface area is 297 Å². The van der Waals surface area contributed by atoms with Crippen LogP contribution in [0, 0.1) is 23.7 Å². The minimum Gasteiger partial charge on any atom is -0.393 e. The molecule has 2 aromatic carbocycles. The molecule has 0 amide bonds. The number of rotatable bonds is 14. The molecule has 5 aliphatic rings. The zero-order valence-electron chi connectivity index (χ0n) is 29.5. The first kappa shape index (κ1) is 37.8. The molecule has 0 bridgehead atoms. The Bertz CT molecular complexity index is 1240. The van der Waals surface area contributed by atoms with Gasteiger partial charge in [-0.05, 0) is 105 Å². The molecule has 13 atom stereocenters.